The molecule has 2 aromatic carbocycles. The molecule has 0 N–H and O–H groups in total. The molecule has 0 fully saturated rings. The molecule has 0 radical (unpaired) electrons. The van der Waals surface area contributed by atoms with Crippen molar-refractivity contribution < 1.29 is 9.18 Å². The number of carbonyl (C=O) groups excluding carboxylic acids is 1. The molecule has 3 aromatic rings. The van der Waals surface area contributed by atoms with Crippen LogP contribution in [0.2, 0.25) is 0 Å². The first-order valence-electron chi connectivity index (χ1n) is 8.44. The maximum absolute atomic E-state index is 13.8. The van der Waals surface area contributed by atoms with Gasteiger partial charge in [0.2, 0.25) is 0 Å². The van der Waals surface area contributed by atoms with Gasteiger partial charge in [-0.25, -0.2) is 9.37 Å². The first-order valence-corrected chi connectivity index (χ1v) is 9.43. The Morgan fingerprint density at radius 1 is 1.19 bits per heavy atom. The molecule has 6 heteroatoms. The Balaban J connectivity index is 1.97. The van der Waals surface area contributed by atoms with Gasteiger partial charge in [0, 0.05) is 6.04 Å². The largest absolute Gasteiger partial charge is 0.293 e. The van der Waals surface area contributed by atoms with Crippen molar-refractivity contribution in [3.63, 3.8) is 0 Å². The quantitative estimate of drug-likeness (QED) is 0.365. The number of rotatable bonds is 6. The van der Waals surface area contributed by atoms with Gasteiger partial charge in [-0.3, -0.25) is 14.2 Å². The fourth-order valence-electron chi connectivity index (χ4n) is 2.69. The van der Waals surface area contributed by atoms with Crippen molar-refractivity contribution in [2.24, 2.45) is 0 Å². The van der Waals surface area contributed by atoms with E-state index in [1.54, 1.807) is 34.9 Å². The van der Waals surface area contributed by atoms with E-state index in [0.717, 1.165) is 6.42 Å². The number of nitrogens with zero attached hydrogens (tertiary/aromatic N) is 2. The summed E-state index contributed by atoms with van der Waals surface area (Å²) in [5, 5.41) is 1.03. The van der Waals surface area contributed by atoms with Gasteiger partial charge in [0.1, 0.15) is 5.82 Å². The maximum atomic E-state index is 13.8. The molecule has 0 bridgehead atoms. The van der Waals surface area contributed by atoms with Crippen molar-refractivity contribution in [2.75, 3.05) is 5.75 Å². The zero-order valence-corrected chi connectivity index (χ0v) is 15.4. The molecule has 0 aliphatic heterocycles. The van der Waals surface area contributed by atoms with E-state index in [4.69, 9.17) is 0 Å². The lowest BCUT2D eigenvalue weighted by atomic mass is 10.1. The van der Waals surface area contributed by atoms with Gasteiger partial charge in [0.05, 0.1) is 22.2 Å². The monoisotopic (exact) mass is 370 g/mol. The summed E-state index contributed by atoms with van der Waals surface area (Å²) >= 11 is 1.17. The Labute approximate surface area is 155 Å². The summed E-state index contributed by atoms with van der Waals surface area (Å²) in [6.07, 6.45) is 0.759. The summed E-state index contributed by atoms with van der Waals surface area (Å²) in [5.41, 5.74) is 0.530. The predicted molar refractivity (Wildman–Crippen MR) is 102 cm³/mol. The van der Waals surface area contributed by atoms with Crippen molar-refractivity contribution in [2.45, 2.75) is 31.5 Å². The molecule has 0 saturated carbocycles. The van der Waals surface area contributed by atoms with Gasteiger partial charge < -0.3 is 0 Å². The highest BCUT2D eigenvalue weighted by atomic mass is 32.2. The molecule has 1 atom stereocenters. The molecular formula is C20H19FN2O2S. The fourth-order valence-corrected chi connectivity index (χ4v) is 3.67. The van der Waals surface area contributed by atoms with Crippen LogP contribution in [0.4, 0.5) is 4.39 Å². The fraction of sp³-hybridized carbons (Fsp3) is 0.250. The number of carbonyl (C=O) groups is 1. The van der Waals surface area contributed by atoms with E-state index in [0.29, 0.717) is 16.1 Å². The van der Waals surface area contributed by atoms with Crippen LogP contribution < -0.4 is 5.56 Å². The third-order valence-corrected chi connectivity index (χ3v) is 5.27. The van der Waals surface area contributed by atoms with E-state index in [1.165, 1.54) is 23.9 Å². The van der Waals surface area contributed by atoms with Crippen LogP contribution in [-0.2, 0) is 0 Å². The van der Waals surface area contributed by atoms with E-state index in [9.17, 15) is 14.0 Å². The number of Topliss-reactive ketones (excluding diaryl/α,β-unsaturated/α-hetero) is 1. The minimum atomic E-state index is -0.538. The van der Waals surface area contributed by atoms with Crippen LogP contribution in [0.1, 0.15) is 36.7 Å². The van der Waals surface area contributed by atoms with E-state index in [2.05, 4.69) is 4.98 Å². The first kappa shape index (κ1) is 18.3. The lowest BCUT2D eigenvalue weighted by Gasteiger charge is -2.18. The van der Waals surface area contributed by atoms with Crippen molar-refractivity contribution in [3.05, 3.63) is 70.3 Å². The van der Waals surface area contributed by atoms with E-state index < -0.39 is 5.82 Å². The normalized spacial score (nSPS) is 12.3. The number of para-hydroxylation sites is 1. The summed E-state index contributed by atoms with van der Waals surface area (Å²) in [6.45, 7) is 3.94. The Hall–Kier alpha value is -2.47. The molecule has 134 valence electrons. The van der Waals surface area contributed by atoms with Crippen molar-refractivity contribution in [3.8, 4) is 0 Å². The topological polar surface area (TPSA) is 52.0 Å². The van der Waals surface area contributed by atoms with Gasteiger partial charge >= 0.3 is 0 Å². The van der Waals surface area contributed by atoms with E-state index >= 15 is 0 Å². The molecule has 0 unspecified atom stereocenters. The molecule has 1 aromatic heterocycles. The van der Waals surface area contributed by atoms with Gasteiger partial charge in [-0.1, -0.05) is 43.0 Å². The lowest BCUT2D eigenvalue weighted by Crippen LogP contribution is -2.26. The second-order valence-corrected chi connectivity index (χ2v) is 6.98. The van der Waals surface area contributed by atoms with Gasteiger partial charge in [-0.15, -0.1) is 0 Å². The highest BCUT2D eigenvalue weighted by Crippen LogP contribution is 2.23. The van der Waals surface area contributed by atoms with Crippen LogP contribution in [0.15, 0.2) is 58.5 Å². The predicted octanol–water partition coefficient (Wildman–Crippen LogP) is 4.48. The van der Waals surface area contributed by atoms with Crippen LogP contribution in [-0.4, -0.2) is 21.1 Å². The summed E-state index contributed by atoms with van der Waals surface area (Å²) in [7, 11) is 0. The molecule has 26 heavy (non-hydrogen) atoms. The van der Waals surface area contributed by atoms with Gasteiger partial charge in [0.25, 0.3) is 5.56 Å². The van der Waals surface area contributed by atoms with Crippen LogP contribution in [0.3, 0.4) is 0 Å². The molecule has 0 spiro atoms. The van der Waals surface area contributed by atoms with Crippen molar-refractivity contribution >= 4 is 28.4 Å². The third kappa shape index (κ3) is 3.55. The Bertz CT molecular complexity index is 1020. The highest BCUT2D eigenvalue weighted by molar-refractivity contribution is 7.99. The minimum absolute atomic E-state index is 0.0160. The molecule has 0 aliphatic rings. The van der Waals surface area contributed by atoms with Crippen LogP contribution >= 0.6 is 11.8 Å². The number of thioether (sulfide) groups is 1. The SMILES string of the molecule is CC[C@@H](C)n1c(SCC(=O)c2ccccc2F)nc2ccccc2c1=O. The Kier molecular flexibility index (Phi) is 5.52. The van der Waals surface area contributed by atoms with Crippen LogP contribution in [0.5, 0.6) is 0 Å². The molecule has 3 rings (SSSR count). The number of ketones is 1. The number of halogens is 1. The smallest absolute Gasteiger partial charge is 0.262 e. The highest BCUT2D eigenvalue weighted by Gasteiger charge is 2.18. The van der Waals surface area contributed by atoms with Crippen molar-refractivity contribution in [1.29, 1.82) is 0 Å². The zero-order chi connectivity index (χ0) is 18.7. The first-order chi connectivity index (χ1) is 12.5. The van der Waals surface area contributed by atoms with E-state index in [-0.39, 0.29) is 28.7 Å². The zero-order valence-electron chi connectivity index (χ0n) is 14.6. The Morgan fingerprint density at radius 2 is 1.88 bits per heavy atom. The summed E-state index contributed by atoms with van der Waals surface area (Å²) in [5.74, 6) is -0.850. The third-order valence-electron chi connectivity index (χ3n) is 4.31. The molecule has 4 nitrogen and oxygen atoms in total. The maximum Gasteiger partial charge on any atom is 0.262 e. The van der Waals surface area contributed by atoms with Gasteiger partial charge in [0.15, 0.2) is 10.9 Å². The number of hydrogen-bond donors (Lipinski definition) is 0. The average molecular weight is 370 g/mol. The van der Waals surface area contributed by atoms with Gasteiger partial charge in [-0.2, -0.15) is 0 Å². The van der Waals surface area contributed by atoms with E-state index in [1.807, 2.05) is 19.9 Å². The van der Waals surface area contributed by atoms with Crippen LogP contribution in [0.25, 0.3) is 10.9 Å². The summed E-state index contributed by atoms with van der Waals surface area (Å²) < 4.78 is 15.4. The van der Waals surface area contributed by atoms with Crippen LogP contribution in [0, 0.1) is 5.82 Å². The van der Waals surface area contributed by atoms with Gasteiger partial charge in [-0.05, 0) is 37.6 Å². The minimum Gasteiger partial charge on any atom is -0.293 e. The Morgan fingerprint density at radius 3 is 2.62 bits per heavy atom. The second-order valence-electron chi connectivity index (χ2n) is 6.04. The second kappa shape index (κ2) is 7.83. The van der Waals surface area contributed by atoms with Crippen molar-refractivity contribution in [1.82, 2.24) is 9.55 Å². The molecule has 0 saturated heterocycles. The average Bonchev–Trinajstić information content (AvgIpc) is 2.66. The standard InChI is InChI=1S/C20H19FN2O2S/c1-3-13(2)23-19(25)15-9-5-7-11-17(15)22-20(23)26-12-18(24)14-8-4-6-10-16(14)21/h4-11,13H,3,12H2,1-2H3/t13-/m1/s1. The molecule has 0 amide bonds. The molecule has 1 heterocycles. The summed E-state index contributed by atoms with van der Waals surface area (Å²) in [4.78, 5) is 29.8. The number of aromatic nitrogens is 2. The number of fused-ring (bicyclic) bond motifs is 1. The molecular weight excluding hydrogens is 351 g/mol. The number of benzene rings is 2. The molecule has 0 aliphatic carbocycles. The summed E-state index contributed by atoms with van der Waals surface area (Å²) in [6, 6.07) is 13.0. The number of hydrogen-bond acceptors (Lipinski definition) is 4. The lowest BCUT2D eigenvalue weighted by molar-refractivity contribution is 0.101.